The first kappa shape index (κ1) is 25.1. The van der Waals surface area contributed by atoms with Crippen LogP contribution in [0.3, 0.4) is 0 Å². The van der Waals surface area contributed by atoms with Crippen LogP contribution in [0, 0.1) is 11.7 Å². The average molecular weight is 534 g/mol. The summed E-state index contributed by atoms with van der Waals surface area (Å²) in [6, 6.07) is 5.45. The van der Waals surface area contributed by atoms with Crippen molar-refractivity contribution in [1.29, 1.82) is 0 Å². The van der Waals surface area contributed by atoms with Gasteiger partial charge in [0.2, 0.25) is 0 Å². The first-order valence-corrected chi connectivity index (χ1v) is 10.9. The molecule has 170 valence electrons. The molecule has 1 aromatic rings. The standard InChI is InChI=1S/C22H35FN4O2.HI/c1-3-24-22(26(2)9-6-18-7-12-28-13-8-18)25-17-19-4-5-21(20(23)16-19)27-10-14-29-15-11-27;/h4-5,16,18H,3,6-15,17H2,1-2H3,(H,24,25);1H. The fourth-order valence-electron chi connectivity index (χ4n) is 3.86. The molecule has 0 bridgehead atoms. The predicted octanol–water partition coefficient (Wildman–Crippen LogP) is 3.49. The van der Waals surface area contributed by atoms with Gasteiger partial charge >= 0.3 is 0 Å². The maximum atomic E-state index is 14.6. The van der Waals surface area contributed by atoms with E-state index in [4.69, 9.17) is 14.5 Å². The maximum Gasteiger partial charge on any atom is 0.193 e. The van der Waals surface area contributed by atoms with Crippen LogP contribution in [0.4, 0.5) is 10.1 Å². The van der Waals surface area contributed by atoms with Gasteiger partial charge in [-0.1, -0.05) is 6.07 Å². The number of nitrogens with one attached hydrogen (secondary N) is 1. The minimum absolute atomic E-state index is 0. The van der Waals surface area contributed by atoms with Crippen molar-refractivity contribution in [1.82, 2.24) is 10.2 Å². The van der Waals surface area contributed by atoms with Crippen molar-refractivity contribution in [2.75, 3.05) is 64.6 Å². The summed E-state index contributed by atoms with van der Waals surface area (Å²) in [6.07, 6.45) is 3.44. The average Bonchev–Trinajstić information content (AvgIpc) is 2.76. The fourth-order valence-corrected chi connectivity index (χ4v) is 3.86. The normalized spacial score (nSPS) is 18.1. The van der Waals surface area contributed by atoms with E-state index in [0.717, 1.165) is 76.1 Å². The second-order valence-electron chi connectivity index (χ2n) is 7.82. The third-order valence-corrected chi connectivity index (χ3v) is 5.69. The summed E-state index contributed by atoms with van der Waals surface area (Å²) in [5.41, 5.74) is 1.54. The lowest BCUT2D eigenvalue weighted by atomic mass is 9.96. The Morgan fingerprint density at radius 1 is 1.20 bits per heavy atom. The molecule has 0 atom stereocenters. The summed E-state index contributed by atoms with van der Waals surface area (Å²) < 4.78 is 25.4. The smallest absolute Gasteiger partial charge is 0.193 e. The van der Waals surface area contributed by atoms with E-state index in [-0.39, 0.29) is 29.8 Å². The Labute approximate surface area is 197 Å². The zero-order valence-corrected chi connectivity index (χ0v) is 20.6. The third-order valence-electron chi connectivity index (χ3n) is 5.69. The summed E-state index contributed by atoms with van der Waals surface area (Å²) in [5.74, 6) is 1.42. The largest absolute Gasteiger partial charge is 0.381 e. The van der Waals surface area contributed by atoms with E-state index in [1.807, 2.05) is 17.0 Å². The maximum absolute atomic E-state index is 14.6. The van der Waals surface area contributed by atoms with Crippen LogP contribution in [-0.4, -0.2) is 70.5 Å². The highest BCUT2D eigenvalue weighted by Crippen LogP contribution is 2.22. The Kier molecular flexibility index (Phi) is 11.2. The molecule has 0 aliphatic carbocycles. The Balaban J connectivity index is 0.00000320. The highest BCUT2D eigenvalue weighted by Gasteiger charge is 2.17. The van der Waals surface area contributed by atoms with Crippen molar-refractivity contribution in [3.05, 3.63) is 29.6 Å². The van der Waals surface area contributed by atoms with Crippen LogP contribution in [0.2, 0.25) is 0 Å². The molecule has 0 unspecified atom stereocenters. The Hall–Kier alpha value is -1.13. The van der Waals surface area contributed by atoms with Crippen LogP contribution in [0.15, 0.2) is 23.2 Å². The molecule has 8 heteroatoms. The van der Waals surface area contributed by atoms with Gasteiger partial charge < -0.3 is 24.6 Å². The summed E-state index contributed by atoms with van der Waals surface area (Å²) in [4.78, 5) is 8.96. The monoisotopic (exact) mass is 534 g/mol. The lowest BCUT2D eigenvalue weighted by Crippen LogP contribution is -2.40. The lowest BCUT2D eigenvalue weighted by Gasteiger charge is -2.29. The molecular formula is C22H36FIN4O2. The van der Waals surface area contributed by atoms with E-state index >= 15 is 0 Å². The van der Waals surface area contributed by atoms with Crippen LogP contribution in [-0.2, 0) is 16.0 Å². The fraction of sp³-hybridized carbons (Fsp3) is 0.682. The molecule has 0 saturated carbocycles. The number of anilines is 1. The number of morpholine rings is 1. The number of rotatable bonds is 7. The molecule has 2 aliphatic heterocycles. The summed E-state index contributed by atoms with van der Waals surface area (Å²) >= 11 is 0. The van der Waals surface area contributed by atoms with Crippen molar-refractivity contribution in [2.24, 2.45) is 10.9 Å². The van der Waals surface area contributed by atoms with Gasteiger partial charge in [-0.15, -0.1) is 24.0 Å². The number of ether oxygens (including phenoxy) is 2. The highest BCUT2D eigenvalue weighted by molar-refractivity contribution is 14.0. The van der Waals surface area contributed by atoms with Gasteiger partial charge in [-0.2, -0.15) is 0 Å². The minimum Gasteiger partial charge on any atom is -0.381 e. The minimum atomic E-state index is -0.183. The van der Waals surface area contributed by atoms with E-state index in [2.05, 4.69) is 24.2 Å². The number of halogens is 2. The zero-order chi connectivity index (χ0) is 20.5. The van der Waals surface area contributed by atoms with Crippen molar-refractivity contribution in [3.8, 4) is 0 Å². The van der Waals surface area contributed by atoms with Crippen molar-refractivity contribution >= 4 is 35.6 Å². The van der Waals surface area contributed by atoms with Crippen LogP contribution < -0.4 is 10.2 Å². The van der Waals surface area contributed by atoms with Crippen molar-refractivity contribution in [3.63, 3.8) is 0 Å². The number of guanidine groups is 1. The molecule has 0 radical (unpaired) electrons. The Morgan fingerprint density at radius 3 is 2.57 bits per heavy atom. The molecule has 1 N–H and O–H groups in total. The topological polar surface area (TPSA) is 49.3 Å². The van der Waals surface area contributed by atoms with Gasteiger partial charge in [0.1, 0.15) is 5.82 Å². The molecule has 2 saturated heterocycles. The van der Waals surface area contributed by atoms with E-state index in [9.17, 15) is 4.39 Å². The number of nitrogens with zero attached hydrogens (tertiary/aromatic N) is 3. The summed E-state index contributed by atoms with van der Waals surface area (Å²) in [5, 5.41) is 3.35. The van der Waals surface area contributed by atoms with Gasteiger partial charge in [0.05, 0.1) is 25.4 Å². The molecule has 6 nitrogen and oxygen atoms in total. The molecule has 2 aliphatic rings. The van der Waals surface area contributed by atoms with Crippen molar-refractivity contribution in [2.45, 2.75) is 32.7 Å². The molecule has 0 amide bonds. The quantitative estimate of drug-likeness (QED) is 0.330. The van der Waals surface area contributed by atoms with E-state index in [0.29, 0.717) is 25.4 Å². The van der Waals surface area contributed by atoms with Crippen LogP contribution in [0.25, 0.3) is 0 Å². The van der Waals surface area contributed by atoms with Crippen LogP contribution in [0.5, 0.6) is 0 Å². The first-order valence-electron chi connectivity index (χ1n) is 10.9. The lowest BCUT2D eigenvalue weighted by molar-refractivity contribution is 0.0625. The molecule has 0 aromatic heterocycles. The Bertz CT molecular complexity index is 665. The number of benzene rings is 1. The molecule has 3 rings (SSSR count). The molecule has 1 aromatic carbocycles. The zero-order valence-electron chi connectivity index (χ0n) is 18.2. The second kappa shape index (κ2) is 13.3. The van der Waals surface area contributed by atoms with Gasteiger partial charge in [0.15, 0.2) is 5.96 Å². The van der Waals surface area contributed by atoms with Crippen LogP contribution >= 0.6 is 24.0 Å². The third kappa shape index (κ3) is 7.53. The first-order chi connectivity index (χ1) is 14.2. The molecule has 0 spiro atoms. The van der Waals surface area contributed by atoms with E-state index in [1.54, 1.807) is 6.07 Å². The SMILES string of the molecule is CCNC(=NCc1ccc(N2CCOCC2)c(F)c1)N(C)CCC1CCOCC1.I. The molecule has 2 heterocycles. The number of aliphatic imine (C=N–C) groups is 1. The van der Waals surface area contributed by atoms with E-state index in [1.165, 1.54) is 0 Å². The molecular weight excluding hydrogens is 498 g/mol. The molecule has 2 fully saturated rings. The highest BCUT2D eigenvalue weighted by atomic mass is 127. The number of hydrogen-bond acceptors (Lipinski definition) is 4. The van der Waals surface area contributed by atoms with Gasteiger partial charge in [-0.3, -0.25) is 0 Å². The van der Waals surface area contributed by atoms with Gasteiger partial charge in [0, 0.05) is 46.4 Å². The predicted molar refractivity (Wildman–Crippen MR) is 130 cm³/mol. The van der Waals surface area contributed by atoms with Crippen LogP contribution in [0.1, 0.15) is 31.7 Å². The van der Waals surface area contributed by atoms with Crippen molar-refractivity contribution < 1.29 is 13.9 Å². The second-order valence-corrected chi connectivity index (χ2v) is 7.82. The van der Waals surface area contributed by atoms with E-state index < -0.39 is 0 Å². The van der Waals surface area contributed by atoms with Gasteiger partial charge in [-0.05, 0) is 49.8 Å². The van der Waals surface area contributed by atoms with Gasteiger partial charge in [-0.25, -0.2) is 9.38 Å². The molecule has 30 heavy (non-hydrogen) atoms. The van der Waals surface area contributed by atoms with Gasteiger partial charge in [0.25, 0.3) is 0 Å². The summed E-state index contributed by atoms with van der Waals surface area (Å²) in [6.45, 7) is 8.83. The number of hydrogen-bond donors (Lipinski definition) is 1. The summed E-state index contributed by atoms with van der Waals surface area (Å²) in [7, 11) is 2.07. The Morgan fingerprint density at radius 2 is 1.90 bits per heavy atom.